The Labute approximate surface area is 51.3 Å². The maximum atomic E-state index is 3.61. The van der Waals surface area contributed by atoms with Gasteiger partial charge in [0.1, 0.15) is 0 Å². The summed E-state index contributed by atoms with van der Waals surface area (Å²) in [5.74, 6) is 0. The molecular formula is C6H14N2. The first-order valence-electron chi connectivity index (χ1n) is 2.50. The van der Waals surface area contributed by atoms with Gasteiger partial charge in [0.2, 0.25) is 0 Å². The molecule has 0 heterocycles. The van der Waals surface area contributed by atoms with E-state index in [2.05, 4.69) is 16.9 Å². The van der Waals surface area contributed by atoms with Gasteiger partial charge in [-0.15, -0.1) is 0 Å². The number of rotatable bonds is 1. The number of nitrogens with zero attached hydrogens (tertiary/aromatic N) is 1. The molecule has 0 unspecified atom stereocenters. The first-order chi connectivity index (χ1) is 3.83. The molecule has 48 valence electrons. The maximum absolute atomic E-state index is 3.61. The molecule has 2 heteroatoms. The number of hydrogen-bond donors (Lipinski definition) is 1. The zero-order valence-electron chi connectivity index (χ0n) is 5.81. The standard InChI is InChI=1S/C4H7N.C2H7N/c1-3-5-4-2;1-3-2/h3-4H,1H2,2H3;3H,1-2H3. The smallest absolute Gasteiger partial charge is 0.0191 e. The molecule has 0 saturated carbocycles. The second-order valence-corrected chi connectivity index (χ2v) is 1.09. The summed E-state index contributed by atoms with van der Waals surface area (Å²) >= 11 is 0. The van der Waals surface area contributed by atoms with Gasteiger partial charge in [-0.2, -0.15) is 0 Å². The van der Waals surface area contributed by atoms with Crippen molar-refractivity contribution in [1.29, 1.82) is 0 Å². The van der Waals surface area contributed by atoms with Crippen LogP contribution in [0.1, 0.15) is 6.92 Å². The van der Waals surface area contributed by atoms with E-state index in [0.29, 0.717) is 0 Å². The number of nitrogens with one attached hydrogen (secondary N) is 1. The summed E-state index contributed by atoms with van der Waals surface area (Å²) in [4.78, 5) is 3.61. The van der Waals surface area contributed by atoms with Crippen molar-refractivity contribution in [3.05, 3.63) is 12.8 Å². The minimum Gasteiger partial charge on any atom is -0.323 e. The van der Waals surface area contributed by atoms with E-state index in [1.807, 2.05) is 21.0 Å². The Kier molecular flexibility index (Phi) is 21.0. The molecule has 0 fully saturated rings. The van der Waals surface area contributed by atoms with Gasteiger partial charge in [0.05, 0.1) is 0 Å². The lowest BCUT2D eigenvalue weighted by atomic mass is 10.9. The third-order valence-electron chi connectivity index (χ3n) is 0.254. The summed E-state index contributed by atoms with van der Waals surface area (Å²) in [6.45, 7) is 5.20. The molecule has 0 aromatic heterocycles. The van der Waals surface area contributed by atoms with Crippen molar-refractivity contribution in [3.8, 4) is 0 Å². The lowest BCUT2D eigenvalue weighted by molar-refractivity contribution is 1.02. The van der Waals surface area contributed by atoms with Crippen molar-refractivity contribution in [2.75, 3.05) is 14.1 Å². The van der Waals surface area contributed by atoms with Crippen molar-refractivity contribution in [2.45, 2.75) is 6.92 Å². The Hall–Kier alpha value is -0.630. The SMILES string of the molecule is C=CN=CC.CNC. The van der Waals surface area contributed by atoms with E-state index in [1.165, 1.54) is 6.20 Å². The van der Waals surface area contributed by atoms with Crippen LogP contribution in [0.4, 0.5) is 0 Å². The first kappa shape index (κ1) is 10.4. The van der Waals surface area contributed by atoms with Crippen LogP contribution in [0.3, 0.4) is 0 Å². The molecule has 0 rings (SSSR count). The highest BCUT2D eigenvalue weighted by Crippen LogP contribution is 1.57. The van der Waals surface area contributed by atoms with Gasteiger partial charge < -0.3 is 5.32 Å². The van der Waals surface area contributed by atoms with Gasteiger partial charge >= 0.3 is 0 Å². The highest BCUT2D eigenvalue weighted by Gasteiger charge is 1.40. The molecule has 0 spiro atoms. The van der Waals surface area contributed by atoms with Gasteiger partial charge in [0, 0.05) is 12.4 Å². The summed E-state index contributed by atoms with van der Waals surface area (Å²) in [6.07, 6.45) is 3.19. The number of aliphatic imine (C=N–C) groups is 1. The van der Waals surface area contributed by atoms with Gasteiger partial charge in [-0.1, -0.05) is 6.58 Å². The summed E-state index contributed by atoms with van der Waals surface area (Å²) in [7, 11) is 3.75. The molecule has 0 aliphatic rings. The van der Waals surface area contributed by atoms with Crippen molar-refractivity contribution in [3.63, 3.8) is 0 Å². The van der Waals surface area contributed by atoms with Gasteiger partial charge in [-0.25, -0.2) is 0 Å². The molecule has 0 aliphatic carbocycles. The minimum atomic E-state index is 1.50. The van der Waals surface area contributed by atoms with Crippen LogP contribution in [-0.2, 0) is 0 Å². The molecule has 1 N–H and O–H groups in total. The molecule has 0 radical (unpaired) electrons. The first-order valence-corrected chi connectivity index (χ1v) is 2.50. The Morgan fingerprint density at radius 2 is 1.88 bits per heavy atom. The average molecular weight is 114 g/mol. The van der Waals surface area contributed by atoms with Crippen molar-refractivity contribution in [2.24, 2.45) is 4.99 Å². The molecule has 0 bridgehead atoms. The van der Waals surface area contributed by atoms with E-state index in [4.69, 9.17) is 0 Å². The summed E-state index contributed by atoms with van der Waals surface area (Å²) in [6, 6.07) is 0. The highest BCUT2D eigenvalue weighted by atomic mass is 14.7. The van der Waals surface area contributed by atoms with Crippen LogP contribution >= 0.6 is 0 Å². The predicted octanol–water partition coefficient (Wildman–Crippen LogP) is 1.06. The predicted molar refractivity (Wildman–Crippen MR) is 39.3 cm³/mol. The zero-order valence-corrected chi connectivity index (χ0v) is 5.81. The van der Waals surface area contributed by atoms with E-state index in [0.717, 1.165) is 0 Å². The average Bonchev–Trinajstić information content (AvgIpc) is 1.71. The fourth-order valence-corrected chi connectivity index (χ4v) is 0.105. The Bertz CT molecular complexity index is 57.5. The quantitative estimate of drug-likeness (QED) is 0.506. The molecule has 0 amide bonds. The zero-order chi connectivity index (χ0) is 6.83. The molecule has 2 nitrogen and oxygen atoms in total. The van der Waals surface area contributed by atoms with Crippen LogP contribution in [0.5, 0.6) is 0 Å². The molecule has 8 heavy (non-hydrogen) atoms. The fraction of sp³-hybridized carbons (Fsp3) is 0.500. The molecular weight excluding hydrogens is 100 g/mol. The molecule has 0 aromatic rings. The van der Waals surface area contributed by atoms with Crippen LogP contribution in [0.15, 0.2) is 17.8 Å². The van der Waals surface area contributed by atoms with E-state index in [1.54, 1.807) is 6.21 Å². The molecule has 0 aromatic carbocycles. The number of hydrogen-bond acceptors (Lipinski definition) is 2. The second-order valence-electron chi connectivity index (χ2n) is 1.09. The summed E-state index contributed by atoms with van der Waals surface area (Å²) < 4.78 is 0. The fourth-order valence-electron chi connectivity index (χ4n) is 0.105. The van der Waals surface area contributed by atoms with E-state index in [9.17, 15) is 0 Å². The van der Waals surface area contributed by atoms with E-state index < -0.39 is 0 Å². The lowest BCUT2D eigenvalue weighted by Crippen LogP contribution is -1.89. The van der Waals surface area contributed by atoms with Crippen LogP contribution in [0, 0.1) is 0 Å². The van der Waals surface area contributed by atoms with Gasteiger partial charge in [0.25, 0.3) is 0 Å². The molecule has 0 atom stereocenters. The van der Waals surface area contributed by atoms with E-state index in [-0.39, 0.29) is 0 Å². The minimum absolute atomic E-state index is 1.50. The topological polar surface area (TPSA) is 24.4 Å². The third-order valence-corrected chi connectivity index (χ3v) is 0.254. The monoisotopic (exact) mass is 114 g/mol. The Morgan fingerprint density at radius 3 is 1.88 bits per heavy atom. The van der Waals surface area contributed by atoms with Crippen LogP contribution in [0.2, 0.25) is 0 Å². The van der Waals surface area contributed by atoms with Gasteiger partial charge in [-0.05, 0) is 21.0 Å². The Balaban J connectivity index is 0. The maximum Gasteiger partial charge on any atom is 0.0191 e. The van der Waals surface area contributed by atoms with Crippen LogP contribution in [-0.4, -0.2) is 20.3 Å². The second kappa shape index (κ2) is 16.2. The molecule has 0 aliphatic heterocycles. The normalized spacial score (nSPS) is 7.88. The summed E-state index contributed by atoms with van der Waals surface area (Å²) in [5.41, 5.74) is 0. The van der Waals surface area contributed by atoms with E-state index >= 15 is 0 Å². The Morgan fingerprint density at radius 1 is 1.50 bits per heavy atom. The van der Waals surface area contributed by atoms with Gasteiger partial charge in [0.15, 0.2) is 0 Å². The highest BCUT2D eigenvalue weighted by molar-refractivity contribution is 5.53. The van der Waals surface area contributed by atoms with Crippen LogP contribution < -0.4 is 5.32 Å². The van der Waals surface area contributed by atoms with Crippen molar-refractivity contribution in [1.82, 2.24) is 5.32 Å². The van der Waals surface area contributed by atoms with Gasteiger partial charge in [-0.3, -0.25) is 4.99 Å². The third kappa shape index (κ3) is 54.6. The largest absolute Gasteiger partial charge is 0.323 e. The van der Waals surface area contributed by atoms with Crippen LogP contribution in [0.25, 0.3) is 0 Å². The van der Waals surface area contributed by atoms with Crippen molar-refractivity contribution >= 4 is 6.21 Å². The van der Waals surface area contributed by atoms with Crippen molar-refractivity contribution < 1.29 is 0 Å². The lowest BCUT2D eigenvalue weighted by Gasteiger charge is -1.59. The molecule has 0 saturated heterocycles. The summed E-state index contributed by atoms with van der Waals surface area (Å²) in [5, 5.41) is 2.75.